The molecular formula is C27H44N8O7. The number of carbonyl (C=O) groups is 6. The lowest BCUT2D eigenvalue weighted by molar-refractivity contribution is -0.143. The second kappa shape index (κ2) is 15.8. The number of aromatic amines is 1. The van der Waals surface area contributed by atoms with Crippen LogP contribution >= 0.6 is 0 Å². The van der Waals surface area contributed by atoms with E-state index in [9.17, 15) is 28.8 Å². The number of amides is 5. The van der Waals surface area contributed by atoms with Crippen LogP contribution in [-0.4, -0.2) is 98.8 Å². The maximum atomic E-state index is 13.2. The van der Waals surface area contributed by atoms with Crippen LogP contribution < -0.4 is 27.0 Å². The van der Waals surface area contributed by atoms with Gasteiger partial charge < -0.3 is 42.0 Å². The third-order valence-electron chi connectivity index (χ3n) is 7.39. The van der Waals surface area contributed by atoms with Gasteiger partial charge in [-0.05, 0) is 31.6 Å². The zero-order valence-electron chi connectivity index (χ0n) is 24.8. The fourth-order valence-corrected chi connectivity index (χ4v) is 4.55. The number of imidazole rings is 1. The van der Waals surface area contributed by atoms with E-state index in [2.05, 4.69) is 31.2 Å². The zero-order valence-corrected chi connectivity index (χ0v) is 24.8. The van der Waals surface area contributed by atoms with E-state index in [1.54, 1.807) is 27.0 Å². The molecule has 1 fully saturated rings. The third kappa shape index (κ3) is 9.53. The van der Waals surface area contributed by atoms with E-state index < -0.39 is 72.3 Å². The molecule has 234 valence electrons. The van der Waals surface area contributed by atoms with Crippen LogP contribution in [-0.2, 0) is 35.2 Å². The number of nitrogens with zero attached hydrogens (tertiary/aromatic N) is 2. The molecule has 2 rings (SSSR count). The quantitative estimate of drug-likeness (QED) is 0.127. The molecule has 6 atom stereocenters. The van der Waals surface area contributed by atoms with Crippen molar-refractivity contribution in [2.75, 3.05) is 13.1 Å². The molecule has 5 amide bonds. The van der Waals surface area contributed by atoms with E-state index in [0.29, 0.717) is 25.0 Å². The largest absolute Gasteiger partial charge is 0.480 e. The molecular weight excluding hydrogens is 548 g/mol. The summed E-state index contributed by atoms with van der Waals surface area (Å²) in [4.78, 5) is 83.9. The molecule has 1 aromatic heterocycles. The SMILES string of the molecule is CC[C@H](C)[C@H](NC(=O)[C@@H]1CCCN1C(=O)CNC(=O)[C@@H](NC(=O)[C@@H](N)Cc1cnc[nH]1)C(C)C)C(=O)N[C@@H](C)C(=O)O. The van der Waals surface area contributed by atoms with Crippen LogP contribution in [0.15, 0.2) is 12.5 Å². The summed E-state index contributed by atoms with van der Waals surface area (Å²) in [7, 11) is 0. The van der Waals surface area contributed by atoms with Crippen LogP contribution in [0.1, 0.15) is 59.6 Å². The van der Waals surface area contributed by atoms with Crippen molar-refractivity contribution in [3.8, 4) is 0 Å². The predicted molar refractivity (Wildman–Crippen MR) is 151 cm³/mol. The van der Waals surface area contributed by atoms with Gasteiger partial charge in [-0.25, -0.2) is 4.98 Å². The number of aliphatic carboxylic acids is 1. The lowest BCUT2D eigenvalue weighted by atomic mass is 9.97. The van der Waals surface area contributed by atoms with Crippen molar-refractivity contribution < 1.29 is 33.9 Å². The average molecular weight is 593 g/mol. The van der Waals surface area contributed by atoms with E-state index in [4.69, 9.17) is 10.8 Å². The van der Waals surface area contributed by atoms with Crippen LogP contribution in [0.5, 0.6) is 0 Å². The number of carboxylic acid groups (broad SMARTS) is 1. The lowest BCUT2D eigenvalue weighted by Gasteiger charge is -2.29. The Labute approximate surface area is 245 Å². The van der Waals surface area contributed by atoms with Gasteiger partial charge in [0.25, 0.3) is 0 Å². The van der Waals surface area contributed by atoms with Gasteiger partial charge in [-0.15, -0.1) is 0 Å². The number of aromatic nitrogens is 2. The highest BCUT2D eigenvalue weighted by molar-refractivity contribution is 5.95. The molecule has 0 unspecified atom stereocenters. The molecule has 0 saturated carbocycles. The molecule has 1 aliphatic rings. The monoisotopic (exact) mass is 592 g/mol. The Hall–Kier alpha value is -4.01. The number of likely N-dealkylation sites (tertiary alicyclic amines) is 1. The van der Waals surface area contributed by atoms with E-state index in [-0.39, 0.29) is 24.8 Å². The smallest absolute Gasteiger partial charge is 0.325 e. The second-order valence-corrected chi connectivity index (χ2v) is 11.0. The van der Waals surface area contributed by atoms with Crippen molar-refractivity contribution in [3.05, 3.63) is 18.2 Å². The Morgan fingerprint density at radius 3 is 2.31 bits per heavy atom. The Bertz CT molecular complexity index is 1110. The highest BCUT2D eigenvalue weighted by Gasteiger charge is 2.37. The summed E-state index contributed by atoms with van der Waals surface area (Å²) in [5.41, 5.74) is 6.65. The number of H-pyrrole nitrogens is 1. The Kier molecular flexibility index (Phi) is 12.9. The van der Waals surface area contributed by atoms with Crippen molar-refractivity contribution in [1.82, 2.24) is 36.1 Å². The fourth-order valence-electron chi connectivity index (χ4n) is 4.55. The minimum absolute atomic E-state index is 0.202. The maximum Gasteiger partial charge on any atom is 0.325 e. The molecule has 2 heterocycles. The van der Waals surface area contributed by atoms with Gasteiger partial charge in [-0.2, -0.15) is 0 Å². The Morgan fingerprint density at radius 2 is 1.74 bits per heavy atom. The summed E-state index contributed by atoms with van der Waals surface area (Å²) in [6.45, 7) is 8.31. The first-order chi connectivity index (χ1) is 19.8. The number of hydrogen-bond acceptors (Lipinski definition) is 8. The van der Waals surface area contributed by atoms with Gasteiger partial charge in [-0.1, -0.05) is 34.1 Å². The van der Waals surface area contributed by atoms with Crippen molar-refractivity contribution >= 4 is 35.5 Å². The number of nitrogens with one attached hydrogen (secondary N) is 5. The van der Waals surface area contributed by atoms with E-state index in [1.165, 1.54) is 18.2 Å². The molecule has 15 heteroatoms. The van der Waals surface area contributed by atoms with Gasteiger partial charge in [0, 0.05) is 24.9 Å². The molecule has 8 N–H and O–H groups in total. The van der Waals surface area contributed by atoms with Gasteiger partial charge in [0.05, 0.1) is 18.9 Å². The summed E-state index contributed by atoms with van der Waals surface area (Å²) in [6, 6.07) is -4.85. The first kappa shape index (κ1) is 34.2. The van der Waals surface area contributed by atoms with Gasteiger partial charge in [0.15, 0.2) is 0 Å². The highest BCUT2D eigenvalue weighted by atomic mass is 16.4. The van der Waals surface area contributed by atoms with Gasteiger partial charge in [-0.3, -0.25) is 28.8 Å². The number of hydrogen-bond donors (Lipinski definition) is 7. The molecule has 0 radical (unpaired) electrons. The number of carboxylic acids is 1. The number of carbonyl (C=O) groups excluding carboxylic acids is 5. The molecule has 0 bridgehead atoms. The summed E-state index contributed by atoms with van der Waals surface area (Å²) >= 11 is 0. The molecule has 1 aliphatic heterocycles. The molecule has 1 aromatic rings. The lowest BCUT2D eigenvalue weighted by Crippen LogP contribution is -2.58. The van der Waals surface area contributed by atoms with Crippen molar-refractivity contribution in [3.63, 3.8) is 0 Å². The second-order valence-electron chi connectivity index (χ2n) is 11.0. The molecule has 15 nitrogen and oxygen atoms in total. The Balaban J connectivity index is 1.98. The first-order valence-corrected chi connectivity index (χ1v) is 14.2. The maximum absolute atomic E-state index is 13.2. The average Bonchev–Trinajstić information content (AvgIpc) is 3.64. The van der Waals surface area contributed by atoms with Gasteiger partial charge in [0.2, 0.25) is 29.5 Å². The normalized spacial score (nSPS) is 18.4. The highest BCUT2D eigenvalue weighted by Crippen LogP contribution is 2.19. The van der Waals surface area contributed by atoms with Crippen LogP contribution in [0.4, 0.5) is 0 Å². The molecule has 0 aliphatic carbocycles. The summed E-state index contributed by atoms with van der Waals surface area (Å²) in [6.07, 6.45) is 4.68. The number of nitrogens with two attached hydrogens (primary N) is 1. The van der Waals surface area contributed by atoms with Crippen LogP contribution in [0.3, 0.4) is 0 Å². The topological polar surface area (TPSA) is 229 Å². The fraction of sp³-hybridized carbons (Fsp3) is 0.667. The summed E-state index contributed by atoms with van der Waals surface area (Å²) in [5, 5.41) is 19.4. The molecule has 1 saturated heterocycles. The van der Waals surface area contributed by atoms with Crippen LogP contribution in [0.2, 0.25) is 0 Å². The molecule has 42 heavy (non-hydrogen) atoms. The van der Waals surface area contributed by atoms with E-state index in [0.717, 1.165) is 0 Å². The molecule has 0 aromatic carbocycles. The predicted octanol–water partition coefficient (Wildman–Crippen LogP) is -1.35. The minimum atomic E-state index is -1.21. The number of rotatable bonds is 15. The summed E-state index contributed by atoms with van der Waals surface area (Å²) < 4.78 is 0. The van der Waals surface area contributed by atoms with Crippen LogP contribution in [0.25, 0.3) is 0 Å². The van der Waals surface area contributed by atoms with Gasteiger partial charge >= 0.3 is 5.97 Å². The zero-order chi connectivity index (χ0) is 31.6. The van der Waals surface area contributed by atoms with E-state index >= 15 is 0 Å². The third-order valence-corrected chi connectivity index (χ3v) is 7.39. The Morgan fingerprint density at radius 1 is 1.05 bits per heavy atom. The summed E-state index contributed by atoms with van der Waals surface area (Å²) in [5.74, 6) is -4.55. The van der Waals surface area contributed by atoms with Crippen molar-refractivity contribution in [2.24, 2.45) is 17.6 Å². The van der Waals surface area contributed by atoms with Crippen LogP contribution in [0, 0.1) is 11.8 Å². The van der Waals surface area contributed by atoms with Crippen molar-refractivity contribution in [2.45, 2.75) is 90.5 Å². The molecule has 0 spiro atoms. The minimum Gasteiger partial charge on any atom is -0.480 e. The van der Waals surface area contributed by atoms with E-state index in [1.807, 2.05) is 6.92 Å². The standard InChI is InChI=1S/C27H44N8O7/c1-6-15(4)22(26(40)32-16(5)27(41)42)34-24(38)19-8-7-9-35(19)20(36)12-30-25(39)21(14(2)3)33-23(37)18(28)10-17-11-29-13-31-17/h11,13-16,18-19,21-22H,6-10,12,28H2,1-5H3,(H,29,31)(H,30,39)(H,32,40)(H,33,37)(H,34,38)(H,41,42)/t15-,16-,18-,19-,21-,22-/m0/s1. The van der Waals surface area contributed by atoms with Crippen molar-refractivity contribution in [1.29, 1.82) is 0 Å². The van der Waals surface area contributed by atoms with Gasteiger partial charge in [0.1, 0.15) is 24.2 Å². The first-order valence-electron chi connectivity index (χ1n) is 14.2.